The smallest absolute Gasteiger partial charge is 0.358 e. The number of rotatable bonds is 3. The third-order valence-electron chi connectivity index (χ3n) is 3.15. The van der Waals surface area contributed by atoms with Gasteiger partial charge in [0.05, 0.1) is 23.0 Å². The van der Waals surface area contributed by atoms with Crippen LogP contribution in [0.15, 0.2) is 28.7 Å². The van der Waals surface area contributed by atoms with Crippen LogP contribution in [0.25, 0.3) is 10.9 Å². The Balaban J connectivity index is 1.86. The molecule has 0 radical (unpaired) electrons. The molecular formula is C14H9F3N4S2. The fourth-order valence-electron chi connectivity index (χ4n) is 2.14. The maximum Gasteiger partial charge on any atom is 0.443 e. The first kappa shape index (κ1) is 15.7. The van der Waals surface area contributed by atoms with Gasteiger partial charge in [0.15, 0.2) is 5.01 Å². The van der Waals surface area contributed by atoms with Crippen molar-refractivity contribution < 1.29 is 13.2 Å². The summed E-state index contributed by atoms with van der Waals surface area (Å²) < 4.78 is 41.0. The lowest BCUT2D eigenvalue weighted by Crippen LogP contribution is -2.02. The van der Waals surface area contributed by atoms with Crippen molar-refractivity contribution >= 4 is 39.9 Å². The summed E-state index contributed by atoms with van der Waals surface area (Å²) in [5, 5.41) is 9.05. The Hall–Kier alpha value is -2.18. The number of aryl methyl sites for hydroxylation is 1. The molecule has 9 heteroatoms. The van der Waals surface area contributed by atoms with E-state index in [9.17, 15) is 13.2 Å². The van der Waals surface area contributed by atoms with E-state index < -0.39 is 11.2 Å². The molecule has 23 heavy (non-hydrogen) atoms. The van der Waals surface area contributed by atoms with Crippen LogP contribution in [-0.2, 0) is 6.18 Å². The van der Waals surface area contributed by atoms with Gasteiger partial charge in [0.2, 0.25) is 0 Å². The second-order valence-corrected chi connectivity index (χ2v) is 6.82. The molecule has 0 aliphatic rings. The fraction of sp³-hybridized carbons (Fsp3) is 0.143. The summed E-state index contributed by atoms with van der Waals surface area (Å²) in [6, 6.07) is 5.78. The second kappa shape index (κ2) is 5.79. The first-order valence-corrected chi connectivity index (χ1v) is 8.00. The summed E-state index contributed by atoms with van der Waals surface area (Å²) in [5.41, 5.74) is 2.92. The number of anilines is 1. The number of nitrogens with zero attached hydrogens (tertiary/aromatic N) is 2. The standard InChI is InChI=1S/C14H9F3N4S2/c1-7-2-3-9(12-11(7)8(4-18)5-19-12)21-23-10-6-20-13(22-10)14(15,16)17/h2-3,5-6,19,21H,1H3. The van der Waals surface area contributed by atoms with Crippen LogP contribution in [0.5, 0.6) is 0 Å². The van der Waals surface area contributed by atoms with Crippen molar-refractivity contribution in [3.05, 3.63) is 40.7 Å². The maximum absolute atomic E-state index is 12.5. The largest absolute Gasteiger partial charge is 0.443 e. The molecule has 0 bridgehead atoms. The summed E-state index contributed by atoms with van der Waals surface area (Å²) >= 11 is 1.63. The number of aromatic amines is 1. The molecule has 0 unspecified atom stereocenters. The van der Waals surface area contributed by atoms with Crippen molar-refractivity contribution in [3.63, 3.8) is 0 Å². The molecule has 0 saturated carbocycles. The maximum atomic E-state index is 12.5. The average Bonchev–Trinajstić information content (AvgIpc) is 3.13. The van der Waals surface area contributed by atoms with E-state index >= 15 is 0 Å². The Morgan fingerprint density at radius 2 is 2.17 bits per heavy atom. The third-order valence-corrected chi connectivity index (χ3v) is 5.12. The van der Waals surface area contributed by atoms with Gasteiger partial charge < -0.3 is 9.71 Å². The average molecular weight is 354 g/mol. The Labute approximate surface area is 137 Å². The number of aromatic nitrogens is 2. The molecule has 4 nitrogen and oxygen atoms in total. The number of hydrogen-bond donors (Lipinski definition) is 2. The quantitative estimate of drug-likeness (QED) is 0.654. The van der Waals surface area contributed by atoms with Crippen LogP contribution in [-0.4, -0.2) is 9.97 Å². The van der Waals surface area contributed by atoms with Crippen LogP contribution >= 0.6 is 23.3 Å². The zero-order valence-corrected chi connectivity index (χ0v) is 13.3. The minimum atomic E-state index is -4.43. The van der Waals surface area contributed by atoms with Crippen molar-refractivity contribution in [2.75, 3.05) is 4.72 Å². The molecule has 0 atom stereocenters. The number of nitriles is 1. The number of benzene rings is 1. The number of halogens is 3. The first-order valence-electron chi connectivity index (χ1n) is 6.37. The lowest BCUT2D eigenvalue weighted by molar-refractivity contribution is -0.137. The van der Waals surface area contributed by atoms with Gasteiger partial charge >= 0.3 is 6.18 Å². The molecule has 0 spiro atoms. The normalized spacial score (nSPS) is 11.6. The van der Waals surface area contributed by atoms with Gasteiger partial charge in [-0.05, 0) is 30.5 Å². The predicted octanol–water partition coefficient (Wildman–Crippen LogP) is 4.94. The van der Waals surface area contributed by atoms with E-state index in [-0.39, 0.29) is 0 Å². The Kier molecular flexibility index (Phi) is 3.95. The highest BCUT2D eigenvalue weighted by Crippen LogP contribution is 2.37. The molecule has 0 aliphatic heterocycles. The molecule has 2 aromatic heterocycles. The fourth-order valence-corrected chi connectivity index (χ4v) is 3.67. The lowest BCUT2D eigenvalue weighted by atomic mass is 10.1. The zero-order chi connectivity index (χ0) is 16.6. The molecule has 3 aromatic rings. The van der Waals surface area contributed by atoms with Gasteiger partial charge in [-0.25, -0.2) is 4.98 Å². The molecule has 2 N–H and O–H groups in total. The zero-order valence-electron chi connectivity index (χ0n) is 11.7. The van der Waals surface area contributed by atoms with E-state index in [2.05, 4.69) is 20.8 Å². The lowest BCUT2D eigenvalue weighted by Gasteiger charge is -2.07. The van der Waals surface area contributed by atoms with Crippen LogP contribution in [0.3, 0.4) is 0 Å². The highest BCUT2D eigenvalue weighted by molar-refractivity contribution is 8.02. The van der Waals surface area contributed by atoms with Crippen LogP contribution in [0.4, 0.5) is 18.9 Å². The summed E-state index contributed by atoms with van der Waals surface area (Å²) in [5.74, 6) is 0. The SMILES string of the molecule is Cc1ccc(NSc2cnc(C(F)(F)F)s2)c2[nH]cc(C#N)c12. The minimum Gasteiger partial charge on any atom is -0.358 e. The van der Waals surface area contributed by atoms with Gasteiger partial charge in [-0.15, -0.1) is 11.3 Å². The van der Waals surface area contributed by atoms with E-state index in [1.165, 1.54) is 6.20 Å². The van der Waals surface area contributed by atoms with Crippen molar-refractivity contribution in [1.82, 2.24) is 9.97 Å². The Bertz CT molecular complexity index is 905. The number of hydrogen-bond acceptors (Lipinski definition) is 5. The third kappa shape index (κ3) is 3.00. The Morgan fingerprint density at radius 1 is 1.39 bits per heavy atom. The summed E-state index contributed by atoms with van der Waals surface area (Å²) in [6.45, 7) is 1.90. The van der Waals surface area contributed by atoms with Crippen molar-refractivity contribution in [1.29, 1.82) is 5.26 Å². The number of H-pyrrole nitrogens is 1. The highest BCUT2D eigenvalue weighted by Gasteiger charge is 2.34. The monoisotopic (exact) mass is 354 g/mol. The van der Waals surface area contributed by atoms with Crippen LogP contribution in [0.2, 0.25) is 0 Å². The number of alkyl halides is 3. The van der Waals surface area contributed by atoms with Gasteiger partial charge in [0, 0.05) is 11.6 Å². The van der Waals surface area contributed by atoms with Crippen LogP contribution in [0, 0.1) is 18.3 Å². The second-order valence-electron chi connectivity index (χ2n) is 4.68. The van der Waals surface area contributed by atoms with E-state index in [0.29, 0.717) is 26.8 Å². The van der Waals surface area contributed by atoms with E-state index in [4.69, 9.17) is 5.26 Å². The molecule has 0 saturated heterocycles. The van der Waals surface area contributed by atoms with Crippen molar-refractivity contribution in [3.8, 4) is 6.07 Å². The topological polar surface area (TPSA) is 64.5 Å². The number of thiazole rings is 1. The highest BCUT2D eigenvalue weighted by atomic mass is 32.2. The van der Waals surface area contributed by atoms with Gasteiger partial charge in [0.25, 0.3) is 0 Å². The van der Waals surface area contributed by atoms with Gasteiger partial charge in [-0.1, -0.05) is 6.07 Å². The van der Waals surface area contributed by atoms with Gasteiger partial charge in [0.1, 0.15) is 10.3 Å². The van der Waals surface area contributed by atoms with Gasteiger partial charge in [-0.3, -0.25) is 0 Å². The first-order chi connectivity index (χ1) is 10.9. The van der Waals surface area contributed by atoms with E-state index in [0.717, 1.165) is 28.4 Å². The molecule has 0 aliphatic carbocycles. The van der Waals surface area contributed by atoms with Gasteiger partial charge in [-0.2, -0.15) is 18.4 Å². The molecule has 0 fully saturated rings. The summed E-state index contributed by atoms with van der Waals surface area (Å²) in [6.07, 6.45) is -1.63. The van der Waals surface area contributed by atoms with Crippen LogP contribution < -0.4 is 4.72 Å². The molecule has 1 aromatic carbocycles. The molecule has 0 amide bonds. The molecule has 3 rings (SSSR count). The Morgan fingerprint density at radius 3 is 2.83 bits per heavy atom. The summed E-state index contributed by atoms with van der Waals surface area (Å²) in [7, 11) is 0. The number of nitrogens with one attached hydrogen (secondary N) is 2. The van der Waals surface area contributed by atoms with Crippen molar-refractivity contribution in [2.24, 2.45) is 0 Å². The van der Waals surface area contributed by atoms with Crippen molar-refractivity contribution in [2.45, 2.75) is 17.3 Å². The van der Waals surface area contributed by atoms with Crippen LogP contribution in [0.1, 0.15) is 16.1 Å². The number of fused-ring (bicyclic) bond motifs is 1. The van der Waals surface area contributed by atoms with E-state index in [1.807, 2.05) is 19.1 Å². The molecular weight excluding hydrogens is 345 g/mol. The van der Waals surface area contributed by atoms with E-state index in [1.54, 1.807) is 6.20 Å². The minimum absolute atomic E-state index is 0.401. The molecule has 2 heterocycles. The predicted molar refractivity (Wildman–Crippen MR) is 84.3 cm³/mol. The summed E-state index contributed by atoms with van der Waals surface area (Å²) in [4.78, 5) is 6.40. The molecule has 118 valence electrons.